The SMILES string of the molecule is CCCCCC(OC(=O)OC)C(F)(F)F. The summed E-state index contributed by atoms with van der Waals surface area (Å²) in [6.07, 6.45) is -6.24. The summed E-state index contributed by atoms with van der Waals surface area (Å²) in [5, 5.41) is 0. The van der Waals surface area contributed by atoms with Crippen molar-refractivity contribution >= 4 is 6.16 Å². The maximum atomic E-state index is 12.3. The van der Waals surface area contributed by atoms with Crippen LogP contribution in [0.4, 0.5) is 18.0 Å². The van der Waals surface area contributed by atoms with Crippen LogP contribution >= 0.6 is 0 Å². The first kappa shape index (κ1) is 14.1. The molecule has 1 atom stereocenters. The first-order chi connectivity index (χ1) is 6.91. The Balaban J connectivity index is 4.14. The molecule has 0 amide bonds. The molecule has 0 bridgehead atoms. The molecule has 0 fully saturated rings. The average molecular weight is 228 g/mol. The molecule has 0 saturated carbocycles. The van der Waals surface area contributed by atoms with E-state index in [-0.39, 0.29) is 6.42 Å². The molecule has 0 aliphatic rings. The molecule has 6 heteroatoms. The van der Waals surface area contributed by atoms with Crippen LogP contribution in [0.5, 0.6) is 0 Å². The number of methoxy groups -OCH3 is 1. The minimum absolute atomic E-state index is 0.216. The molecule has 0 rings (SSSR count). The fourth-order valence-corrected chi connectivity index (χ4v) is 1.03. The monoisotopic (exact) mass is 228 g/mol. The molecule has 0 aliphatic carbocycles. The summed E-state index contributed by atoms with van der Waals surface area (Å²) in [4.78, 5) is 10.6. The molecular weight excluding hydrogens is 213 g/mol. The van der Waals surface area contributed by atoms with E-state index >= 15 is 0 Å². The summed E-state index contributed by atoms with van der Waals surface area (Å²) in [5.41, 5.74) is 0. The number of ether oxygens (including phenoxy) is 2. The molecule has 0 radical (unpaired) electrons. The Hall–Kier alpha value is -0.940. The largest absolute Gasteiger partial charge is 0.508 e. The summed E-state index contributed by atoms with van der Waals surface area (Å²) < 4.78 is 45.1. The van der Waals surface area contributed by atoms with Crippen molar-refractivity contribution in [2.45, 2.75) is 44.9 Å². The number of alkyl halides is 3. The lowest BCUT2D eigenvalue weighted by Crippen LogP contribution is -2.33. The molecule has 15 heavy (non-hydrogen) atoms. The first-order valence-electron chi connectivity index (χ1n) is 4.73. The highest BCUT2D eigenvalue weighted by molar-refractivity contribution is 5.59. The second kappa shape index (κ2) is 6.53. The predicted molar refractivity (Wildman–Crippen MR) is 47.5 cm³/mol. The number of hydrogen-bond donors (Lipinski definition) is 0. The molecule has 0 N–H and O–H groups in total. The Labute approximate surface area is 86.5 Å². The van der Waals surface area contributed by atoms with Crippen molar-refractivity contribution in [1.82, 2.24) is 0 Å². The molecule has 0 saturated heterocycles. The van der Waals surface area contributed by atoms with Crippen molar-refractivity contribution in [1.29, 1.82) is 0 Å². The summed E-state index contributed by atoms with van der Waals surface area (Å²) in [7, 11) is 0.974. The quantitative estimate of drug-likeness (QED) is 0.535. The van der Waals surface area contributed by atoms with E-state index in [0.717, 1.165) is 13.5 Å². The molecule has 3 nitrogen and oxygen atoms in total. The number of carbonyl (C=O) groups excluding carboxylic acids is 1. The van der Waals surface area contributed by atoms with E-state index in [4.69, 9.17) is 0 Å². The van der Waals surface area contributed by atoms with Gasteiger partial charge in [0.1, 0.15) is 0 Å². The molecule has 0 spiro atoms. The Morgan fingerprint density at radius 1 is 1.33 bits per heavy atom. The molecule has 1 unspecified atom stereocenters. The zero-order valence-corrected chi connectivity index (χ0v) is 8.76. The van der Waals surface area contributed by atoms with Crippen LogP contribution in [-0.4, -0.2) is 25.5 Å². The van der Waals surface area contributed by atoms with E-state index in [9.17, 15) is 18.0 Å². The van der Waals surface area contributed by atoms with Gasteiger partial charge in [-0.3, -0.25) is 0 Å². The Morgan fingerprint density at radius 2 is 1.93 bits per heavy atom. The highest BCUT2D eigenvalue weighted by Gasteiger charge is 2.42. The fraction of sp³-hybridized carbons (Fsp3) is 0.889. The summed E-state index contributed by atoms with van der Waals surface area (Å²) in [6.45, 7) is 1.88. The minimum atomic E-state index is -4.53. The van der Waals surface area contributed by atoms with Crippen LogP contribution in [0.2, 0.25) is 0 Å². The van der Waals surface area contributed by atoms with Crippen molar-refractivity contribution in [2.75, 3.05) is 7.11 Å². The number of halogens is 3. The van der Waals surface area contributed by atoms with Gasteiger partial charge in [-0.15, -0.1) is 0 Å². The van der Waals surface area contributed by atoms with Crippen molar-refractivity contribution in [3.8, 4) is 0 Å². The molecule has 0 aromatic carbocycles. The third-order valence-corrected chi connectivity index (χ3v) is 1.84. The van der Waals surface area contributed by atoms with Gasteiger partial charge in [-0.05, 0) is 12.8 Å². The first-order valence-corrected chi connectivity index (χ1v) is 4.73. The smallest absolute Gasteiger partial charge is 0.438 e. The van der Waals surface area contributed by atoms with Crippen molar-refractivity contribution in [2.24, 2.45) is 0 Å². The number of unbranched alkanes of at least 4 members (excludes halogenated alkanes) is 2. The maximum absolute atomic E-state index is 12.3. The highest BCUT2D eigenvalue weighted by atomic mass is 19.4. The second-order valence-electron chi connectivity index (χ2n) is 3.10. The van der Waals surface area contributed by atoms with Gasteiger partial charge in [0.2, 0.25) is 6.10 Å². The van der Waals surface area contributed by atoms with Gasteiger partial charge in [-0.2, -0.15) is 13.2 Å². The van der Waals surface area contributed by atoms with Gasteiger partial charge >= 0.3 is 12.3 Å². The summed E-state index contributed by atoms with van der Waals surface area (Å²) in [5.74, 6) is 0. The van der Waals surface area contributed by atoms with E-state index in [1.54, 1.807) is 0 Å². The standard InChI is InChI=1S/C9H15F3O3/c1-3-4-5-6-7(9(10,11)12)15-8(13)14-2/h7H,3-6H2,1-2H3. The zero-order valence-electron chi connectivity index (χ0n) is 8.76. The molecule has 0 aromatic rings. The third-order valence-electron chi connectivity index (χ3n) is 1.84. The molecule has 0 aliphatic heterocycles. The molecule has 0 aromatic heterocycles. The van der Waals surface area contributed by atoms with Gasteiger partial charge in [0.15, 0.2) is 0 Å². The van der Waals surface area contributed by atoms with Crippen LogP contribution in [0.1, 0.15) is 32.6 Å². The van der Waals surface area contributed by atoms with Crippen LogP contribution in [0.3, 0.4) is 0 Å². The average Bonchev–Trinajstić information content (AvgIpc) is 2.14. The fourth-order valence-electron chi connectivity index (χ4n) is 1.03. The van der Waals surface area contributed by atoms with Crippen LogP contribution in [-0.2, 0) is 9.47 Å². The lowest BCUT2D eigenvalue weighted by Gasteiger charge is -2.19. The maximum Gasteiger partial charge on any atom is 0.508 e. The van der Waals surface area contributed by atoms with Gasteiger partial charge in [0, 0.05) is 0 Å². The van der Waals surface area contributed by atoms with Crippen molar-refractivity contribution in [3.63, 3.8) is 0 Å². The van der Waals surface area contributed by atoms with Gasteiger partial charge < -0.3 is 9.47 Å². The van der Waals surface area contributed by atoms with Gasteiger partial charge in [-0.25, -0.2) is 4.79 Å². The molecule has 90 valence electrons. The lowest BCUT2D eigenvalue weighted by molar-refractivity contribution is -0.210. The second-order valence-corrected chi connectivity index (χ2v) is 3.10. The molecule has 0 heterocycles. The zero-order chi connectivity index (χ0) is 11.9. The number of rotatable bonds is 5. The van der Waals surface area contributed by atoms with E-state index in [1.165, 1.54) is 0 Å². The molecular formula is C9H15F3O3. The number of carbonyl (C=O) groups is 1. The summed E-state index contributed by atoms with van der Waals surface area (Å²) in [6, 6.07) is 0. The van der Waals surface area contributed by atoms with E-state index in [2.05, 4.69) is 9.47 Å². The Bertz CT molecular complexity index is 192. The van der Waals surface area contributed by atoms with Gasteiger partial charge in [-0.1, -0.05) is 19.8 Å². The van der Waals surface area contributed by atoms with E-state index < -0.39 is 18.4 Å². The van der Waals surface area contributed by atoms with Crippen LogP contribution < -0.4 is 0 Å². The van der Waals surface area contributed by atoms with E-state index in [1.807, 2.05) is 6.92 Å². The Kier molecular flexibility index (Phi) is 6.12. The minimum Gasteiger partial charge on any atom is -0.438 e. The normalized spacial score (nSPS) is 13.4. The summed E-state index contributed by atoms with van der Waals surface area (Å²) >= 11 is 0. The van der Waals surface area contributed by atoms with Gasteiger partial charge in [0.05, 0.1) is 7.11 Å². The Morgan fingerprint density at radius 3 is 2.33 bits per heavy atom. The van der Waals surface area contributed by atoms with Gasteiger partial charge in [0.25, 0.3) is 0 Å². The van der Waals surface area contributed by atoms with Crippen LogP contribution in [0, 0.1) is 0 Å². The third kappa shape index (κ3) is 6.19. The van der Waals surface area contributed by atoms with Crippen molar-refractivity contribution < 1.29 is 27.4 Å². The van der Waals surface area contributed by atoms with Crippen LogP contribution in [0.25, 0.3) is 0 Å². The predicted octanol–water partition coefficient (Wildman–Crippen LogP) is 3.28. The topological polar surface area (TPSA) is 35.5 Å². The lowest BCUT2D eigenvalue weighted by atomic mass is 10.1. The van der Waals surface area contributed by atoms with E-state index in [0.29, 0.717) is 12.8 Å². The van der Waals surface area contributed by atoms with Crippen molar-refractivity contribution in [3.05, 3.63) is 0 Å². The number of hydrogen-bond acceptors (Lipinski definition) is 3. The highest BCUT2D eigenvalue weighted by Crippen LogP contribution is 2.27. The van der Waals surface area contributed by atoms with Crippen LogP contribution in [0.15, 0.2) is 0 Å².